The molecule has 0 unspecified atom stereocenters. The number of aromatic nitrogens is 2. The van der Waals surface area contributed by atoms with Crippen LogP contribution in [0.3, 0.4) is 0 Å². The van der Waals surface area contributed by atoms with E-state index in [1.165, 1.54) is 36.8 Å². The molecule has 4 heteroatoms. The van der Waals surface area contributed by atoms with Crippen LogP contribution in [0.4, 0.5) is 11.8 Å². The van der Waals surface area contributed by atoms with Crippen LogP contribution in [0.15, 0.2) is 36.5 Å². The first-order valence-corrected chi connectivity index (χ1v) is 8.80. The Morgan fingerprint density at radius 2 is 1.57 bits per heavy atom. The molecule has 1 aromatic carbocycles. The van der Waals surface area contributed by atoms with Gasteiger partial charge in [-0.3, -0.25) is 0 Å². The Balaban J connectivity index is 1.55. The van der Waals surface area contributed by atoms with E-state index in [-0.39, 0.29) is 0 Å². The third-order valence-corrected chi connectivity index (χ3v) is 4.97. The first kappa shape index (κ1) is 14.5. The van der Waals surface area contributed by atoms with E-state index in [1.54, 1.807) is 0 Å². The molecule has 0 atom stereocenters. The van der Waals surface area contributed by atoms with Crippen LogP contribution >= 0.6 is 0 Å². The van der Waals surface area contributed by atoms with Crippen LogP contribution in [0.2, 0.25) is 0 Å². The summed E-state index contributed by atoms with van der Waals surface area (Å²) in [6, 6.07) is 10.8. The van der Waals surface area contributed by atoms with Crippen LogP contribution < -0.4 is 9.80 Å². The van der Waals surface area contributed by atoms with E-state index in [1.807, 2.05) is 6.20 Å². The van der Waals surface area contributed by atoms with Gasteiger partial charge in [-0.05, 0) is 36.5 Å². The lowest BCUT2D eigenvalue weighted by atomic mass is 10.0. The van der Waals surface area contributed by atoms with Gasteiger partial charge in [-0.1, -0.05) is 37.1 Å². The Bertz CT molecular complexity index is 662. The van der Waals surface area contributed by atoms with Crippen molar-refractivity contribution >= 4 is 11.8 Å². The third kappa shape index (κ3) is 3.16. The van der Waals surface area contributed by atoms with E-state index in [9.17, 15) is 0 Å². The van der Waals surface area contributed by atoms with Crippen molar-refractivity contribution in [1.29, 1.82) is 0 Å². The van der Waals surface area contributed by atoms with Crippen LogP contribution in [0.5, 0.6) is 0 Å². The van der Waals surface area contributed by atoms with Gasteiger partial charge in [-0.25, -0.2) is 4.98 Å². The maximum atomic E-state index is 4.88. The average Bonchev–Trinajstić information content (AvgIpc) is 2.91. The Labute approximate surface area is 138 Å². The van der Waals surface area contributed by atoms with Crippen molar-refractivity contribution in [2.24, 2.45) is 0 Å². The van der Waals surface area contributed by atoms with Gasteiger partial charge in [0.1, 0.15) is 5.82 Å². The topological polar surface area (TPSA) is 32.3 Å². The van der Waals surface area contributed by atoms with Gasteiger partial charge in [0.15, 0.2) is 0 Å². The third-order valence-electron chi connectivity index (χ3n) is 4.97. The molecule has 0 N–H and O–H groups in total. The Morgan fingerprint density at radius 3 is 2.39 bits per heavy atom. The second kappa shape index (κ2) is 6.57. The molecule has 4 rings (SSSR count). The lowest BCUT2D eigenvalue weighted by molar-refractivity contribution is 0.702. The number of anilines is 2. The van der Waals surface area contributed by atoms with Gasteiger partial charge in [0.25, 0.3) is 0 Å². The molecule has 0 amide bonds. The fourth-order valence-electron chi connectivity index (χ4n) is 3.63. The fourth-order valence-corrected chi connectivity index (χ4v) is 3.63. The zero-order valence-corrected chi connectivity index (χ0v) is 13.6. The number of rotatable bonds is 2. The molecule has 0 radical (unpaired) electrons. The molecule has 1 aromatic heterocycles. The summed E-state index contributed by atoms with van der Waals surface area (Å²) in [4.78, 5) is 14.2. The zero-order valence-electron chi connectivity index (χ0n) is 13.6. The van der Waals surface area contributed by atoms with Crippen molar-refractivity contribution in [3.63, 3.8) is 0 Å². The molecule has 0 spiro atoms. The molecule has 2 aliphatic rings. The minimum absolute atomic E-state index is 0.876. The van der Waals surface area contributed by atoms with Crippen LogP contribution in [0, 0.1) is 0 Å². The van der Waals surface area contributed by atoms with Gasteiger partial charge < -0.3 is 9.80 Å². The Morgan fingerprint density at radius 1 is 0.783 bits per heavy atom. The summed E-state index contributed by atoms with van der Waals surface area (Å²) in [5.74, 6) is 1.97. The quantitative estimate of drug-likeness (QED) is 0.851. The SMILES string of the molecule is c1ccc2c(c1)CCN(c1nccc(N3CCCCCC3)n1)C2. The van der Waals surface area contributed by atoms with Crippen molar-refractivity contribution in [2.45, 2.75) is 38.6 Å². The summed E-state index contributed by atoms with van der Waals surface area (Å²) in [5, 5.41) is 0. The second-order valence-corrected chi connectivity index (χ2v) is 6.56. The van der Waals surface area contributed by atoms with Crippen molar-refractivity contribution in [3.05, 3.63) is 47.7 Å². The predicted molar refractivity (Wildman–Crippen MR) is 93.9 cm³/mol. The van der Waals surface area contributed by atoms with Gasteiger partial charge in [-0.2, -0.15) is 4.98 Å². The minimum atomic E-state index is 0.876. The van der Waals surface area contributed by atoms with Crippen molar-refractivity contribution in [2.75, 3.05) is 29.4 Å². The number of hydrogen-bond donors (Lipinski definition) is 0. The highest BCUT2D eigenvalue weighted by atomic mass is 15.3. The standard InChI is InChI=1S/C19H24N4/c1-2-6-13-22(12-5-1)18-9-11-20-19(21-18)23-14-10-16-7-3-4-8-17(16)15-23/h3-4,7-9,11H,1-2,5-6,10,12-15H2. The van der Waals surface area contributed by atoms with Crippen molar-refractivity contribution < 1.29 is 0 Å². The highest BCUT2D eigenvalue weighted by molar-refractivity contribution is 5.46. The van der Waals surface area contributed by atoms with Gasteiger partial charge in [-0.15, -0.1) is 0 Å². The normalized spacial score (nSPS) is 18.4. The van der Waals surface area contributed by atoms with E-state index in [2.05, 4.69) is 45.1 Å². The van der Waals surface area contributed by atoms with E-state index in [4.69, 9.17) is 4.98 Å². The summed E-state index contributed by atoms with van der Waals surface area (Å²) in [7, 11) is 0. The average molecular weight is 308 g/mol. The second-order valence-electron chi connectivity index (χ2n) is 6.56. The summed E-state index contributed by atoms with van der Waals surface area (Å²) < 4.78 is 0. The van der Waals surface area contributed by atoms with Gasteiger partial charge in [0.05, 0.1) is 0 Å². The monoisotopic (exact) mass is 308 g/mol. The summed E-state index contributed by atoms with van der Waals surface area (Å²) in [6.45, 7) is 4.17. The first-order valence-electron chi connectivity index (χ1n) is 8.80. The molecule has 120 valence electrons. The Kier molecular flexibility index (Phi) is 4.14. The highest BCUT2D eigenvalue weighted by Crippen LogP contribution is 2.24. The molecular weight excluding hydrogens is 284 g/mol. The minimum Gasteiger partial charge on any atom is -0.356 e. The van der Waals surface area contributed by atoms with Crippen LogP contribution in [-0.4, -0.2) is 29.6 Å². The van der Waals surface area contributed by atoms with Crippen molar-refractivity contribution in [1.82, 2.24) is 9.97 Å². The summed E-state index contributed by atoms with van der Waals surface area (Å²) in [6.07, 6.45) is 8.23. The van der Waals surface area contributed by atoms with Crippen LogP contribution in [0.1, 0.15) is 36.8 Å². The van der Waals surface area contributed by atoms with E-state index < -0.39 is 0 Å². The molecule has 0 saturated carbocycles. The maximum Gasteiger partial charge on any atom is 0.227 e. The van der Waals surface area contributed by atoms with Crippen LogP contribution in [-0.2, 0) is 13.0 Å². The van der Waals surface area contributed by atoms with Gasteiger partial charge in [0.2, 0.25) is 5.95 Å². The molecule has 1 fully saturated rings. The van der Waals surface area contributed by atoms with E-state index in [0.717, 1.165) is 44.4 Å². The Hall–Kier alpha value is -2.10. The predicted octanol–water partition coefficient (Wildman–Crippen LogP) is 3.42. The molecule has 1 saturated heterocycles. The summed E-state index contributed by atoms with van der Waals surface area (Å²) in [5.41, 5.74) is 2.87. The molecule has 4 nitrogen and oxygen atoms in total. The van der Waals surface area contributed by atoms with Crippen molar-refractivity contribution in [3.8, 4) is 0 Å². The highest BCUT2D eigenvalue weighted by Gasteiger charge is 2.19. The molecule has 23 heavy (non-hydrogen) atoms. The van der Waals surface area contributed by atoms with Crippen LogP contribution in [0.25, 0.3) is 0 Å². The van der Waals surface area contributed by atoms with Gasteiger partial charge in [0, 0.05) is 32.4 Å². The maximum absolute atomic E-state index is 4.88. The largest absolute Gasteiger partial charge is 0.356 e. The molecule has 0 aliphatic carbocycles. The molecule has 3 heterocycles. The fraction of sp³-hybridized carbons (Fsp3) is 0.474. The first-order chi connectivity index (χ1) is 11.4. The number of nitrogens with zero attached hydrogens (tertiary/aromatic N) is 4. The lowest BCUT2D eigenvalue weighted by Crippen LogP contribution is -2.32. The zero-order chi connectivity index (χ0) is 15.5. The number of hydrogen-bond acceptors (Lipinski definition) is 4. The molecular formula is C19H24N4. The van der Waals surface area contributed by atoms with E-state index in [0.29, 0.717) is 0 Å². The molecule has 2 aromatic rings. The van der Waals surface area contributed by atoms with Gasteiger partial charge >= 0.3 is 0 Å². The number of fused-ring (bicyclic) bond motifs is 1. The summed E-state index contributed by atoms with van der Waals surface area (Å²) >= 11 is 0. The van der Waals surface area contributed by atoms with E-state index >= 15 is 0 Å². The lowest BCUT2D eigenvalue weighted by Gasteiger charge is -2.30. The molecule has 2 aliphatic heterocycles. The number of benzene rings is 1. The molecule has 0 bridgehead atoms. The smallest absolute Gasteiger partial charge is 0.227 e.